The summed E-state index contributed by atoms with van der Waals surface area (Å²) in [4.78, 5) is 47.9. The smallest absolute Gasteiger partial charge is 0.345 e. The second-order valence-corrected chi connectivity index (χ2v) is 13.0. The maximum absolute atomic E-state index is 12.4. The van der Waals surface area contributed by atoms with E-state index < -0.39 is 41.4 Å². The highest BCUT2D eigenvalue weighted by Crippen LogP contribution is 2.24. The fourth-order valence-electron chi connectivity index (χ4n) is 4.17. The molecule has 2 unspecified atom stereocenters. The van der Waals surface area contributed by atoms with Crippen LogP contribution >= 0.6 is 11.6 Å². The quantitative estimate of drug-likeness (QED) is 0.127. The van der Waals surface area contributed by atoms with Gasteiger partial charge in [-0.3, -0.25) is 14.4 Å². The van der Waals surface area contributed by atoms with E-state index in [1.807, 2.05) is 76.2 Å². The summed E-state index contributed by atoms with van der Waals surface area (Å²) in [6, 6.07) is 15.5. The molecule has 0 radical (unpaired) electrons. The Hall–Kier alpha value is -3.89. The number of methoxy groups -OCH3 is 1. The standard InChI is InChI=1S/C28H42N2O7.C8H9ClO/c1-19(2)15-23(26(34)35)37-27(36)28(4,5)18-30-25(33)17-29-24(32)14-10-9-11-20(3)22(31)16-21-12-7-6-8-13-21;1-6-3-4-8(10-2)7(9)5-6/h6-8,10,12-14,19-20,22-23,31H,9,11,15-18H2,1-5H3,(H,29,32)(H,30,33)(H,34,35);3-5H,1-2H3/b14-10+;/t20?,22-,23?;/m0./s1. The van der Waals surface area contributed by atoms with Crippen LogP contribution in [0.5, 0.6) is 5.75 Å². The number of esters is 1. The number of rotatable bonds is 17. The van der Waals surface area contributed by atoms with E-state index in [1.54, 1.807) is 27.0 Å². The predicted molar refractivity (Wildman–Crippen MR) is 183 cm³/mol. The Morgan fingerprint density at radius 2 is 1.68 bits per heavy atom. The fourth-order valence-corrected chi connectivity index (χ4v) is 4.48. The third-order valence-corrected chi connectivity index (χ3v) is 7.52. The Labute approximate surface area is 283 Å². The molecule has 0 aliphatic heterocycles. The molecule has 0 aliphatic carbocycles. The van der Waals surface area contributed by atoms with Crippen molar-refractivity contribution < 1.29 is 38.9 Å². The van der Waals surface area contributed by atoms with Gasteiger partial charge in [-0.25, -0.2) is 4.79 Å². The largest absolute Gasteiger partial charge is 0.495 e. The van der Waals surface area contributed by atoms with E-state index in [9.17, 15) is 29.4 Å². The molecule has 260 valence electrons. The average Bonchev–Trinajstić information content (AvgIpc) is 3.01. The number of hydrogen-bond donors (Lipinski definition) is 4. The second kappa shape index (κ2) is 21.1. The Morgan fingerprint density at radius 1 is 1.02 bits per heavy atom. The molecule has 2 amide bonds. The Morgan fingerprint density at radius 3 is 2.26 bits per heavy atom. The number of ether oxygens (including phenoxy) is 2. The molecule has 11 heteroatoms. The van der Waals surface area contributed by atoms with Crippen LogP contribution in [-0.2, 0) is 30.3 Å². The molecule has 0 fully saturated rings. The van der Waals surface area contributed by atoms with Gasteiger partial charge in [-0.2, -0.15) is 0 Å². The van der Waals surface area contributed by atoms with Crippen LogP contribution in [0.25, 0.3) is 0 Å². The molecule has 0 aliphatic rings. The second-order valence-electron chi connectivity index (χ2n) is 12.6. The maximum atomic E-state index is 12.4. The molecule has 0 saturated carbocycles. The van der Waals surface area contributed by atoms with Gasteiger partial charge >= 0.3 is 11.9 Å². The minimum atomic E-state index is -1.25. The van der Waals surface area contributed by atoms with Crippen molar-refractivity contribution in [3.05, 3.63) is 76.8 Å². The van der Waals surface area contributed by atoms with Gasteiger partial charge in [0.05, 0.1) is 30.2 Å². The van der Waals surface area contributed by atoms with Crippen LogP contribution in [0.3, 0.4) is 0 Å². The first-order valence-corrected chi connectivity index (χ1v) is 16.1. The molecule has 2 aromatic carbocycles. The number of allylic oxidation sites excluding steroid dienone is 1. The molecule has 4 N–H and O–H groups in total. The van der Waals surface area contributed by atoms with Gasteiger partial charge in [0.1, 0.15) is 5.75 Å². The van der Waals surface area contributed by atoms with Crippen molar-refractivity contribution in [2.24, 2.45) is 17.3 Å². The highest BCUT2D eigenvalue weighted by atomic mass is 35.5. The summed E-state index contributed by atoms with van der Waals surface area (Å²) >= 11 is 5.80. The summed E-state index contributed by atoms with van der Waals surface area (Å²) in [5.74, 6) is -2.03. The Balaban J connectivity index is 0.000000933. The van der Waals surface area contributed by atoms with Crippen molar-refractivity contribution in [1.29, 1.82) is 0 Å². The molecular weight excluding hydrogens is 624 g/mol. The average molecular weight is 675 g/mol. The summed E-state index contributed by atoms with van der Waals surface area (Å²) in [6.07, 6.45) is 3.42. The van der Waals surface area contributed by atoms with Crippen LogP contribution < -0.4 is 15.4 Å². The van der Waals surface area contributed by atoms with Crippen molar-refractivity contribution in [2.75, 3.05) is 20.2 Å². The number of carboxylic acid groups (broad SMARTS) is 1. The van der Waals surface area contributed by atoms with Crippen molar-refractivity contribution in [2.45, 2.75) is 79.4 Å². The number of aryl methyl sites for hydroxylation is 1. The van der Waals surface area contributed by atoms with Crippen molar-refractivity contribution in [1.82, 2.24) is 10.6 Å². The van der Waals surface area contributed by atoms with Crippen LogP contribution in [0.2, 0.25) is 5.02 Å². The lowest BCUT2D eigenvalue weighted by Crippen LogP contribution is -2.45. The van der Waals surface area contributed by atoms with Crippen LogP contribution in [0.1, 0.15) is 65.0 Å². The van der Waals surface area contributed by atoms with Crippen molar-refractivity contribution in [3.63, 3.8) is 0 Å². The summed E-state index contributed by atoms with van der Waals surface area (Å²) < 4.78 is 10.1. The minimum absolute atomic E-state index is 0.0315. The van der Waals surface area contributed by atoms with Crippen LogP contribution in [0.4, 0.5) is 0 Å². The summed E-state index contributed by atoms with van der Waals surface area (Å²) in [6.45, 7) is 10.4. The molecule has 2 aromatic rings. The number of hydrogen-bond acceptors (Lipinski definition) is 7. The van der Waals surface area contributed by atoms with E-state index in [0.29, 0.717) is 24.3 Å². The SMILES string of the molecule is CC(C)CC(OC(=O)C(C)(C)CNC(=O)CNC(=O)/C=C/CCC(C)[C@@H](O)Cc1ccccc1)C(=O)O.COc1ccc(C)cc1Cl. The van der Waals surface area contributed by atoms with Gasteiger partial charge in [0.25, 0.3) is 0 Å². The van der Waals surface area contributed by atoms with E-state index in [1.165, 1.54) is 6.08 Å². The van der Waals surface area contributed by atoms with E-state index in [0.717, 1.165) is 16.9 Å². The maximum Gasteiger partial charge on any atom is 0.345 e. The minimum Gasteiger partial charge on any atom is -0.495 e. The first kappa shape index (κ1) is 41.1. The van der Waals surface area contributed by atoms with Crippen LogP contribution in [0, 0.1) is 24.2 Å². The third-order valence-electron chi connectivity index (χ3n) is 7.22. The molecule has 3 atom stereocenters. The van der Waals surface area contributed by atoms with Crippen LogP contribution in [0.15, 0.2) is 60.7 Å². The highest BCUT2D eigenvalue weighted by Gasteiger charge is 2.34. The monoisotopic (exact) mass is 674 g/mol. The fraction of sp³-hybridized carbons (Fsp3) is 0.500. The Bertz CT molecular complexity index is 1310. The zero-order valence-corrected chi connectivity index (χ0v) is 29.3. The van der Waals surface area contributed by atoms with Gasteiger partial charge in [0.15, 0.2) is 6.10 Å². The molecule has 47 heavy (non-hydrogen) atoms. The highest BCUT2D eigenvalue weighted by molar-refractivity contribution is 6.32. The number of carboxylic acids is 1. The van der Waals surface area contributed by atoms with E-state index in [4.69, 9.17) is 21.1 Å². The lowest BCUT2D eigenvalue weighted by Gasteiger charge is -2.25. The molecule has 0 heterocycles. The first-order valence-electron chi connectivity index (χ1n) is 15.7. The van der Waals surface area contributed by atoms with Gasteiger partial charge in [0.2, 0.25) is 11.8 Å². The van der Waals surface area contributed by atoms with Gasteiger partial charge in [-0.15, -0.1) is 0 Å². The molecule has 0 bridgehead atoms. The Kier molecular flexibility index (Phi) is 18.4. The van der Waals surface area contributed by atoms with Crippen molar-refractivity contribution in [3.8, 4) is 5.75 Å². The number of aliphatic hydroxyl groups excluding tert-OH is 1. The first-order chi connectivity index (χ1) is 22.0. The zero-order chi connectivity index (χ0) is 35.6. The number of aliphatic carboxylic acids is 1. The number of nitrogens with one attached hydrogen (secondary N) is 2. The number of carbonyl (C=O) groups excluding carboxylic acids is 3. The van der Waals surface area contributed by atoms with E-state index in [2.05, 4.69) is 10.6 Å². The normalized spacial score (nSPS) is 13.1. The number of halogens is 1. The van der Waals surface area contributed by atoms with Crippen molar-refractivity contribution >= 4 is 35.4 Å². The number of benzene rings is 2. The predicted octanol–water partition coefficient (Wildman–Crippen LogP) is 5.52. The van der Waals surface area contributed by atoms with Gasteiger partial charge in [0, 0.05) is 6.54 Å². The van der Waals surface area contributed by atoms with E-state index >= 15 is 0 Å². The number of amides is 2. The van der Waals surface area contributed by atoms with Gasteiger partial charge < -0.3 is 30.3 Å². The third kappa shape index (κ3) is 17.0. The molecule has 0 spiro atoms. The topological polar surface area (TPSA) is 151 Å². The van der Waals surface area contributed by atoms with E-state index in [-0.39, 0.29) is 31.3 Å². The molecule has 2 rings (SSSR count). The lowest BCUT2D eigenvalue weighted by atomic mass is 9.93. The number of aliphatic hydroxyl groups is 1. The molecule has 0 aromatic heterocycles. The molecule has 10 nitrogen and oxygen atoms in total. The van der Waals surface area contributed by atoms with Crippen LogP contribution in [-0.4, -0.2) is 66.4 Å². The molecule has 0 saturated heterocycles. The zero-order valence-electron chi connectivity index (χ0n) is 28.5. The number of carbonyl (C=O) groups is 4. The summed E-state index contributed by atoms with van der Waals surface area (Å²) in [5.41, 5.74) is 1.07. The summed E-state index contributed by atoms with van der Waals surface area (Å²) in [7, 11) is 1.61. The van der Waals surface area contributed by atoms with Gasteiger partial charge in [-0.1, -0.05) is 74.8 Å². The summed E-state index contributed by atoms with van der Waals surface area (Å²) in [5, 5.41) is 25.3. The van der Waals surface area contributed by atoms with Gasteiger partial charge in [-0.05, 0) is 87.6 Å². The molecular formula is C36H51ClN2O8. The lowest BCUT2D eigenvalue weighted by molar-refractivity contribution is -0.171.